The summed E-state index contributed by atoms with van der Waals surface area (Å²) in [6.07, 6.45) is 5.37. The van der Waals surface area contributed by atoms with Crippen LogP contribution in [0.5, 0.6) is 0 Å². The first kappa shape index (κ1) is 20.3. The highest BCUT2D eigenvalue weighted by atomic mass is 32.2. The number of halogens is 1. The van der Waals surface area contributed by atoms with Crippen LogP contribution in [0, 0.1) is 5.82 Å². The number of pyridine rings is 1. The van der Waals surface area contributed by atoms with Crippen LogP contribution in [-0.4, -0.2) is 37.4 Å². The molecule has 0 aliphatic rings. The molecule has 9 heteroatoms. The number of amides is 1. The van der Waals surface area contributed by atoms with E-state index >= 15 is 0 Å². The van der Waals surface area contributed by atoms with Crippen LogP contribution in [-0.2, 0) is 21.4 Å². The fraction of sp³-hybridized carbons (Fsp3) is 0.294. The Morgan fingerprint density at radius 3 is 2.69 bits per heavy atom. The lowest BCUT2D eigenvalue weighted by atomic mass is 10.2. The van der Waals surface area contributed by atoms with Crippen LogP contribution in [0.1, 0.15) is 12.0 Å². The molecule has 1 amide bonds. The van der Waals surface area contributed by atoms with E-state index < -0.39 is 32.7 Å². The van der Waals surface area contributed by atoms with E-state index in [2.05, 4.69) is 15.0 Å². The van der Waals surface area contributed by atoms with Crippen LogP contribution in [0.15, 0.2) is 53.7 Å². The molecule has 1 aromatic heterocycles. The molecule has 1 heterocycles. The summed E-state index contributed by atoms with van der Waals surface area (Å²) in [6.45, 7) is 0.226. The third-order valence-corrected chi connectivity index (χ3v) is 5.69. The Hall–Kier alpha value is -1.97. The second kappa shape index (κ2) is 9.65. The number of hydrogen-bond donors (Lipinski definition) is 2. The predicted octanol–water partition coefficient (Wildman–Crippen LogP) is 1.94. The molecule has 2 rings (SSSR count). The van der Waals surface area contributed by atoms with Gasteiger partial charge < -0.3 is 5.32 Å². The highest BCUT2D eigenvalue weighted by molar-refractivity contribution is 7.98. The molecule has 0 aliphatic carbocycles. The Balaban J connectivity index is 2.10. The first-order valence-corrected chi connectivity index (χ1v) is 10.7. The van der Waals surface area contributed by atoms with Gasteiger partial charge in [-0.3, -0.25) is 9.78 Å². The van der Waals surface area contributed by atoms with Crippen molar-refractivity contribution < 1.29 is 17.6 Å². The topological polar surface area (TPSA) is 88.2 Å². The minimum atomic E-state index is -4.16. The van der Waals surface area contributed by atoms with E-state index in [0.29, 0.717) is 5.75 Å². The van der Waals surface area contributed by atoms with Gasteiger partial charge in [0.15, 0.2) is 0 Å². The largest absolute Gasteiger partial charge is 0.351 e. The molecular formula is C17H20FN3O3S2. The smallest absolute Gasteiger partial charge is 0.244 e. The van der Waals surface area contributed by atoms with Crippen molar-refractivity contribution in [2.75, 3.05) is 12.0 Å². The van der Waals surface area contributed by atoms with Gasteiger partial charge in [-0.25, -0.2) is 12.8 Å². The van der Waals surface area contributed by atoms with Crippen LogP contribution >= 0.6 is 11.8 Å². The van der Waals surface area contributed by atoms with Gasteiger partial charge in [-0.05, 0) is 42.2 Å². The van der Waals surface area contributed by atoms with E-state index in [1.807, 2.05) is 6.26 Å². The number of thioether (sulfide) groups is 1. The van der Waals surface area contributed by atoms with Crippen LogP contribution in [0.25, 0.3) is 0 Å². The number of sulfonamides is 1. The molecular weight excluding hydrogens is 377 g/mol. The van der Waals surface area contributed by atoms with Crippen molar-refractivity contribution in [3.8, 4) is 0 Å². The molecule has 0 radical (unpaired) electrons. The fourth-order valence-corrected chi connectivity index (χ4v) is 3.99. The zero-order valence-electron chi connectivity index (χ0n) is 14.2. The lowest BCUT2D eigenvalue weighted by molar-refractivity contribution is -0.122. The lowest BCUT2D eigenvalue weighted by Crippen LogP contribution is -2.46. The highest BCUT2D eigenvalue weighted by Gasteiger charge is 2.27. The minimum absolute atomic E-state index is 0.226. The van der Waals surface area contributed by atoms with Crippen LogP contribution < -0.4 is 10.0 Å². The summed E-state index contributed by atoms with van der Waals surface area (Å²) in [7, 11) is -4.16. The van der Waals surface area contributed by atoms with Gasteiger partial charge >= 0.3 is 0 Å². The Labute approximate surface area is 156 Å². The Morgan fingerprint density at radius 1 is 1.27 bits per heavy atom. The van der Waals surface area contributed by atoms with E-state index in [-0.39, 0.29) is 13.0 Å². The summed E-state index contributed by atoms with van der Waals surface area (Å²) >= 11 is 1.49. The van der Waals surface area contributed by atoms with Gasteiger partial charge in [0.05, 0.1) is 0 Å². The van der Waals surface area contributed by atoms with Crippen molar-refractivity contribution in [1.29, 1.82) is 0 Å². The Bertz CT molecular complexity index is 832. The molecule has 6 nitrogen and oxygen atoms in total. The van der Waals surface area contributed by atoms with Crippen molar-refractivity contribution >= 4 is 27.7 Å². The summed E-state index contributed by atoms with van der Waals surface area (Å²) in [4.78, 5) is 15.9. The molecule has 0 spiro atoms. The summed E-state index contributed by atoms with van der Waals surface area (Å²) in [5.74, 6) is -0.757. The predicted molar refractivity (Wildman–Crippen MR) is 99.6 cm³/mol. The van der Waals surface area contributed by atoms with Crippen molar-refractivity contribution in [1.82, 2.24) is 15.0 Å². The molecule has 0 aliphatic heterocycles. The first-order valence-electron chi connectivity index (χ1n) is 7.86. The zero-order valence-corrected chi connectivity index (χ0v) is 15.8. The number of aromatic nitrogens is 1. The maximum atomic E-state index is 13.8. The highest BCUT2D eigenvalue weighted by Crippen LogP contribution is 2.15. The van der Waals surface area contributed by atoms with Crippen LogP contribution in [0.4, 0.5) is 4.39 Å². The van der Waals surface area contributed by atoms with Crippen molar-refractivity contribution in [2.45, 2.75) is 23.9 Å². The second-order valence-corrected chi connectivity index (χ2v) is 8.13. The number of carbonyl (C=O) groups excluding carboxylic acids is 1. The SMILES string of the molecule is CSCC[C@H](NS(=O)(=O)c1ccccc1F)C(=O)NCc1cccnc1. The minimum Gasteiger partial charge on any atom is -0.351 e. The number of hydrogen-bond acceptors (Lipinski definition) is 5. The quantitative estimate of drug-likeness (QED) is 0.675. The van der Waals surface area contributed by atoms with Crippen molar-refractivity contribution in [2.24, 2.45) is 0 Å². The number of benzene rings is 1. The van der Waals surface area contributed by atoms with Gasteiger partial charge in [-0.2, -0.15) is 16.5 Å². The fourth-order valence-electron chi connectivity index (χ4n) is 2.21. The normalized spacial score (nSPS) is 12.5. The van der Waals surface area contributed by atoms with Gasteiger partial charge in [0.1, 0.15) is 16.8 Å². The molecule has 2 N–H and O–H groups in total. The molecule has 1 atom stereocenters. The third kappa shape index (κ3) is 5.79. The second-order valence-electron chi connectivity index (χ2n) is 5.46. The van der Waals surface area contributed by atoms with E-state index in [9.17, 15) is 17.6 Å². The number of rotatable bonds is 9. The molecule has 0 saturated carbocycles. The van der Waals surface area contributed by atoms with Gasteiger partial charge in [-0.15, -0.1) is 0 Å². The van der Waals surface area contributed by atoms with Gasteiger partial charge in [0, 0.05) is 18.9 Å². The van der Waals surface area contributed by atoms with E-state index in [1.54, 1.807) is 24.5 Å². The first-order chi connectivity index (χ1) is 12.4. The third-order valence-electron chi connectivity index (χ3n) is 3.54. The van der Waals surface area contributed by atoms with Crippen molar-refractivity contribution in [3.05, 3.63) is 60.2 Å². The summed E-state index contributed by atoms with van der Waals surface area (Å²) in [5.41, 5.74) is 0.793. The number of nitrogens with one attached hydrogen (secondary N) is 2. The van der Waals surface area contributed by atoms with Gasteiger partial charge in [-0.1, -0.05) is 18.2 Å². The summed E-state index contributed by atoms with van der Waals surface area (Å²) in [5, 5.41) is 2.69. The maximum Gasteiger partial charge on any atom is 0.244 e. The standard InChI is InChI=1S/C17H20FN3O3S2/c1-25-10-8-15(17(22)20-12-13-5-4-9-19-11-13)21-26(23,24)16-7-3-2-6-14(16)18/h2-7,9,11,15,21H,8,10,12H2,1H3,(H,20,22)/t15-/m0/s1. The maximum absolute atomic E-state index is 13.8. The molecule has 0 unspecified atom stereocenters. The molecule has 26 heavy (non-hydrogen) atoms. The van der Waals surface area contributed by atoms with Gasteiger partial charge in [0.25, 0.3) is 0 Å². The Kier molecular flexibility index (Phi) is 7.55. The van der Waals surface area contributed by atoms with Crippen LogP contribution in [0.3, 0.4) is 0 Å². The number of carbonyl (C=O) groups is 1. The monoisotopic (exact) mass is 397 g/mol. The molecule has 2 aromatic rings. The molecule has 140 valence electrons. The Morgan fingerprint density at radius 2 is 2.04 bits per heavy atom. The average Bonchev–Trinajstić information content (AvgIpc) is 2.64. The molecule has 0 saturated heterocycles. The van der Waals surface area contributed by atoms with E-state index in [1.165, 1.54) is 23.9 Å². The number of nitrogens with zero attached hydrogens (tertiary/aromatic N) is 1. The van der Waals surface area contributed by atoms with E-state index in [0.717, 1.165) is 17.7 Å². The van der Waals surface area contributed by atoms with Crippen molar-refractivity contribution in [3.63, 3.8) is 0 Å². The average molecular weight is 397 g/mol. The zero-order chi connectivity index (χ0) is 19.0. The molecule has 0 fully saturated rings. The lowest BCUT2D eigenvalue weighted by Gasteiger charge is -2.18. The van der Waals surface area contributed by atoms with Gasteiger partial charge in [0.2, 0.25) is 15.9 Å². The summed E-state index contributed by atoms with van der Waals surface area (Å²) in [6, 6.07) is 7.60. The summed E-state index contributed by atoms with van der Waals surface area (Å²) < 4.78 is 41.1. The van der Waals surface area contributed by atoms with Crippen LogP contribution in [0.2, 0.25) is 0 Å². The molecule has 1 aromatic carbocycles. The molecule has 0 bridgehead atoms. The van der Waals surface area contributed by atoms with E-state index in [4.69, 9.17) is 0 Å².